The smallest absolute Gasteiger partial charge is 0.338 e. The number of rotatable bonds is 4. The number of amides is 1. The van der Waals surface area contributed by atoms with E-state index in [-0.39, 0.29) is 21.2 Å². The first-order valence-corrected chi connectivity index (χ1v) is 8.49. The van der Waals surface area contributed by atoms with Crippen molar-refractivity contribution < 1.29 is 23.8 Å². The van der Waals surface area contributed by atoms with Gasteiger partial charge >= 0.3 is 5.97 Å². The topological polar surface area (TPSA) is 97.7 Å². The number of esters is 1. The molecule has 0 radical (unpaired) electrons. The Balaban J connectivity index is 1.60. The van der Waals surface area contributed by atoms with Crippen molar-refractivity contribution in [3.8, 4) is 17.6 Å². The molecule has 0 bridgehead atoms. The maximum Gasteiger partial charge on any atom is 0.338 e. The third kappa shape index (κ3) is 4.42. The number of nitrogens with one attached hydrogen (secondary N) is 1. The van der Waals surface area contributed by atoms with Gasteiger partial charge in [-0.15, -0.1) is 0 Å². The first-order valence-electron chi connectivity index (χ1n) is 7.73. The lowest BCUT2D eigenvalue weighted by Gasteiger charge is -2.19. The van der Waals surface area contributed by atoms with E-state index >= 15 is 0 Å². The number of anilines is 1. The standard InChI is InChI=1S/C18H12Cl2N2O5/c19-13-7-12(2-1-10(13)8-21)22-16(23)9-27-18(24)11-5-14(20)17-15(6-11)25-3-4-26-17/h1-2,5-7H,3-4,9H2,(H,22,23). The SMILES string of the molecule is N#Cc1ccc(NC(=O)COC(=O)c2cc(Cl)c3c(c2)OCCO3)cc1Cl. The molecule has 1 aliphatic heterocycles. The monoisotopic (exact) mass is 406 g/mol. The first-order chi connectivity index (χ1) is 13.0. The maximum absolute atomic E-state index is 12.2. The zero-order chi connectivity index (χ0) is 19.4. The van der Waals surface area contributed by atoms with E-state index in [0.717, 1.165) is 0 Å². The molecule has 0 atom stereocenters. The second-order valence-corrected chi connectivity index (χ2v) is 6.23. The highest BCUT2D eigenvalue weighted by molar-refractivity contribution is 6.32. The second kappa shape index (κ2) is 8.16. The van der Waals surface area contributed by atoms with Crippen LogP contribution >= 0.6 is 23.2 Å². The fraction of sp³-hybridized carbons (Fsp3) is 0.167. The minimum atomic E-state index is -0.734. The molecule has 1 heterocycles. The van der Waals surface area contributed by atoms with Crippen LogP contribution in [0.3, 0.4) is 0 Å². The van der Waals surface area contributed by atoms with E-state index in [1.165, 1.54) is 30.3 Å². The third-order valence-electron chi connectivity index (χ3n) is 3.54. The molecule has 9 heteroatoms. The number of nitrogens with zero attached hydrogens (tertiary/aromatic N) is 1. The Labute approximate surface area is 164 Å². The number of ether oxygens (including phenoxy) is 3. The molecule has 1 N–H and O–H groups in total. The van der Waals surface area contributed by atoms with E-state index < -0.39 is 18.5 Å². The molecule has 0 saturated heterocycles. The van der Waals surface area contributed by atoms with Crippen LogP contribution in [-0.2, 0) is 9.53 Å². The summed E-state index contributed by atoms with van der Waals surface area (Å²) in [5, 5.41) is 11.8. The number of fused-ring (bicyclic) bond motifs is 1. The number of carbonyl (C=O) groups is 2. The largest absolute Gasteiger partial charge is 0.486 e. The van der Waals surface area contributed by atoms with E-state index in [1.54, 1.807) is 0 Å². The van der Waals surface area contributed by atoms with E-state index in [9.17, 15) is 9.59 Å². The van der Waals surface area contributed by atoms with Crippen LogP contribution < -0.4 is 14.8 Å². The molecule has 2 aromatic rings. The zero-order valence-electron chi connectivity index (χ0n) is 13.8. The summed E-state index contributed by atoms with van der Waals surface area (Å²) in [4.78, 5) is 24.1. The highest BCUT2D eigenvalue weighted by Gasteiger charge is 2.20. The Bertz CT molecular complexity index is 955. The van der Waals surface area contributed by atoms with Crippen molar-refractivity contribution in [2.75, 3.05) is 25.1 Å². The molecule has 7 nitrogen and oxygen atoms in total. The van der Waals surface area contributed by atoms with Gasteiger partial charge in [0.05, 0.1) is 21.2 Å². The quantitative estimate of drug-likeness (QED) is 0.780. The highest BCUT2D eigenvalue weighted by atomic mass is 35.5. The van der Waals surface area contributed by atoms with Gasteiger partial charge in [-0.2, -0.15) is 5.26 Å². The summed E-state index contributed by atoms with van der Waals surface area (Å²) in [6.07, 6.45) is 0. The average Bonchev–Trinajstić information content (AvgIpc) is 2.66. The van der Waals surface area contributed by atoms with Crippen molar-refractivity contribution in [3.05, 3.63) is 51.5 Å². The number of hydrogen-bond donors (Lipinski definition) is 1. The van der Waals surface area contributed by atoms with E-state index in [4.69, 9.17) is 42.7 Å². The summed E-state index contributed by atoms with van der Waals surface area (Å²) in [5.74, 6) is -0.582. The molecule has 0 fully saturated rings. The molecular weight excluding hydrogens is 395 g/mol. The molecule has 0 spiro atoms. The lowest BCUT2D eigenvalue weighted by atomic mass is 10.2. The van der Waals surface area contributed by atoms with Gasteiger partial charge in [0.1, 0.15) is 19.3 Å². The lowest BCUT2D eigenvalue weighted by molar-refractivity contribution is -0.119. The van der Waals surface area contributed by atoms with Crippen LogP contribution in [0.1, 0.15) is 15.9 Å². The Morgan fingerprint density at radius 3 is 2.67 bits per heavy atom. The van der Waals surface area contributed by atoms with E-state index in [2.05, 4.69) is 5.32 Å². The zero-order valence-corrected chi connectivity index (χ0v) is 15.3. The summed E-state index contributed by atoms with van der Waals surface area (Å²) in [7, 11) is 0. The van der Waals surface area contributed by atoms with Gasteiger partial charge in [0.2, 0.25) is 0 Å². The predicted octanol–water partition coefficient (Wildman–Crippen LogP) is 3.43. The number of nitriles is 1. The van der Waals surface area contributed by atoms with E-state index in [0.29, 0.717) is 30.4 Å². The fourth-order valence-corrected chi connectivity index (χ4v) is 2.81. The van der Waals surface area contributed by atoms with Gasteiger partial charge in [-0.05, 0) is 30.3 Å². The molecule has 3 rings (SSSR count). The summed E-state index contributed by atoms with van der Waals surface area (Å²) in [5.41, 5.74) is 0.803. The number of hydrogen-bond acceptors (Lipinski definition) is 6. The van der Waals surface area contributed by atoms with Crippen LogP contribution in [0.25, 0.3) is 0 Å². The molecule has 0 aliphatic carbocycles. The molecule has 1 amide bonds. The molecule has 27 heavy (non-hydrogen) atoms. The molecule has 0 unspecified atom stereocenters. The number of benzene rings is 2. The Morgan fingerprint density at radius 2 is 1.93 bits per heavy atom. The Hall–Kier alpha value is -2.95. The van der Waals surface area contributed by atoms with Crippen LogP contribution in [0.5, 0.6) is 11.5 Å². The van der Waals surface area contributed by atoms with Gasteiger partial charge in [0.25, 0.3) is 5.91 Å². The highest BCUT2D eigenvalue weighted by Crippen LogP contribution is 2.38. The van der Waals surface area contributed by atoms with Crippen molar-refractivity contribution >= 4 is 40.8 Å². The van der Waals surface area contributed by atoms with Crippen molar-refractivity contribution in [1.29, 1.82) is 5.26 Å². The maximum atomic E-state index is 12.2. The molecule has 138 valence electrons. The van der Waals surface area contributed by atoms with Crippen LogP contribution in [0.15, 0.2) is 30.3 Å². The lowest BCUT2D eigenvalue weighted by Crippen LogP contribution is -2.21. The van der Waals surface area contributed by atoms with Gasteiger partial charge in [-0.1, -0.05) is 23.2 Å². The summed E-state index contributed by atoms with van der Waals surface area (Å²) in [6.45, 7) is 0.204. The van der Waals surface area contributed by atoms with Crippen molar-refractivity contribution in [2.24, 2.45) is 0 Å². The third-order valence-corrected chi connectivity index (χ3v) is 4.13. The minimum absolute atomic E-state index is 0.137. The fourth-order valence-electron chi connectivity index (χ4n) is 2.32. The molecule has 0 saturated carbocycles. The van der Waals surface area contributed by atoms with Crippen LogP contribution in [0.4, 0.5) is 5.69 Å². The second-order valence-electron chi connectivity index (χ2n) is 5.41. The van der Waals surface area contributed by atoms with Crippen molar-refractivity contribution in [2.45, 2.75) is 0 Å². The minimum Gasteiger partial charge on any atom is -0.486 e. The van der Waals surface area contributed by atoms with E-state index in [1.807, 2.05) is 6.07 Å². The normalized spacial score (nSPS) is 12.0. The van der Waals surface area contributed by atoms with Crippen LogP contribution in [0.2, 0.25) is 10.0 Å². The molecule has 2 aromatic carbocycles. The van der Waals surface area contributed by atoms with Gasteiger partial charge < -0.3 is 19.5 Å². The number of carbonyl (C=O) groups excluding carboxylic acids is 2. The summed E-state index contributed by atoms with van der Waals surface area (Å²) in [6, 6.07) is 9.17. The van der Waals surface area contributed by atoms with Crippen molar-refractivity contribution in [3.63, 3.8) is 0 Å². The van der Waals surface area contributed by atoms with Gasteiger partial charge in [-0.25, -0.2) is 4.79 Å². The Morgan fingerprint density at radius 1 is 1.15 bits per heavy atom. The van der Waals surface area contributed by atoms with Gasteiger partial charge in [-0.3, -0.25) is 4.79 Å². The molecular formula is C18H12Cl2N2O5. The Kier molecular flexibility index (Phi) is 5.69. The number of halogens is 2. The first kappa shape index (κ1) is 18.8. The van der Waals surface area contributed by atoms with Crippen LogP contribution in [-0.4, -0.2) is 31.7 Å². The summed E-state index contributed by atoms with van der Waals surface area (Å²) >= 11 is 12.0. The average molecular weight is 407 g/mol. The summed E-state index contributed by atoms with van der Waals surface area (Å²) < 4.78 is 15.8. The van der Waals surface area contributed by atoms with Gasteiger partial charge in [0.15, 0.2) is 18.1 Å². The van der Waals surface area contributed by atoms with Gasteiger partial charge in [0, 0.05) is 5.69 Å². The molecule has 0 aromatic heterocycles. The predicted molar refractivity (Wildman–Crippen MR) is 97.5 cm³/mol. The van der Waals surface area contributed by atoms with Crippen LogP contribution in [0, 0.1) is 11.3 Å². The molecule has 1 aliphatic rings. The van der Waals surface area contributed by atoms with Crippen molar-refractivity contribution in [1.82, 2.24) is 0 Å².